The van der Waals surface area contributed by atoms with Gasteiger partial charge in [0.1, 0.15) is 0 Å². The molecule has 0 aromatic heterocycles. The maximum atomic E-state index is 13.6. The molecule has 0 aromatic carbocycles. The summed E-state index contributed by atoms with van der Waals surface area (Å²) in [7, 11) is 0. The van der Waals surface area contributed by atoms with Crippen LogP contribution in [0.4, 0.5) is 17.6 Å². The Balaban J connectivity index is 2.94. The van der Waals surface area contributed by atoms with Crippen molar-refractivity contribution in [2.45, 2.75) is 43.9 Å². The van der Waals surface area contributed by atoms with Gasteiger partial charge in [-0.2, -0.15) is 13.2 Å². The maximum absolute atomic E-state index is 13.6. The topological polar surface area (TPSA) is 37.3 Å². The van der Waals surface area contributed by atoms with Gasteiger partial charge >= 0.3 is 17.8 Å². The normalized spacial score (nSPS) is 23.5. The van der Waals surface area contributed by atoms with Gasteiger partial charge < -0.3 is 5.11 Å². The highest BCUT2D eigenvalue weighted by Crippen LogP contribution is 2.45. The summed E-state index contributed by atoms with van der Waals surface area (Å²) in [6, 6.07) is 0. The second kappa shape index (κ2) is 3.98. The Labute approximate surface area is 84.3 Å². The average Bonchev–Trinajstić information content (AvgIpc) is 2.16. The summed E-state index contributed by atoms with van der Waals surface area (Å²) in [5.41, 5.74) is -4.08. The van der Waals surface area contributed by atoms with Crippen LogP contribution >= 0.6 is 0 Å². The summed E-state index contributed by atoms with van der Waals surface area (Å²) in [6.07, 6.45) is -3.70. The number of alkyl halides is 4. The third kappa shape index (κ3) is 2.08. The van der Waals surface area contributed by atoms with Crippen molar-refractivity contribution in [3.05, 3.63) is 0 Å². The summed E-state index contributed by atoms with van der Waals surface area (Å²) in [4.78, 5) is 10.5. The van der Waals surface area contributed by atoms with Gasteiger partial charge in [-0.15, -0.1) is 0 Å². The maximum Gasteiger partial charge on any atom is 0.433 e. The predicted octanol–water partition coefficient (Wildman–Crippen LogP) is 2.92. The number of carboxylic acid groups (broad SMARTS) is 1. The summed E-state index contributed by atoms with van der Waals surface area (Å²) >= 11 is 0. The smallest absolute Gasteiger partial charge is 0.433 e. The minimum absolute atomic E-state index is 0.0116. The highest BCUT2D eigenvalue weighted by atomic mass is 19.4. The molecule has 0 heterocycles. The molecule has 0 saturated heterocycles. The minimum Gasteiger partial charge on any atom is -0.479 e. The Morgan fingerprint density at radius 3 is 1.87 bits per heavy atom. The first-order chi connectivity index (χ1) is 6.80. The first kappa shape index (κ1) is 12.3. The van der Waals surface area contributed by atoms with Gasteiger partial charge in [-0.25, -0.2) is 9.18 Å². The molecule has 1 aliphatic rings. The van der Waals surface area contributed by atoms with Crippen molar-refractivity contribution in [3.63, 3.8) is 0 Å². The Hall–Kier alpha value is -0.810. The van der Waals surface area contributed by atoms with E-state index in [1.807, 2.05) is 0 Å². The van der Waals surface area contributed by atoms with Gasteiger partial charge in [0.15, 0.2) is 0 Å². The van der Waals surface area contributed by atoms with Crippen LogP contribution in [0.25, 0.3) is 0 Å². The number of halogens is 4. The van der Waals surface area contributed by atoms with E-state index in [2.05, 4.69) is 0 Å². The van der Waals surface area contributed by atoms with Crippen LogP contribution in [0.1, 0.15) is 32.1 Å². The Morgan fingerprint density at radius 1 is 1.07 bits per heavy atom. The molecule has 1 N–H and O–H groups in total. The zero-order valence-corrected chi connectivity index (χ0v) is 7.98. The van der Waals surface area contributed by atoms with Crippen LogP contribution in [0.15, 0.2) is 0 Å². The van der Waals surface area contributed by atoms with Gasteiger partial charge in [0.05, 0.1) is 0 Å². The molecular weight excluding hydrogens is 216 g/mol. The number of carbonyl (C=O) groups is 1. The van der Waals surface area contributed by atoms with Crippen LogP contribution in [0.3, 0.4) is 0 Å². The summed E-state index contributed by atoms with van der Waals surface area (Å²) < 4.78 is 50.7. The lowest BCUT2D eigenvalue weighted by Crippen LogP contribution is -2.54. The van der Waals surface area contributed by atoms with Crippen molar-refractivity contribution in [2.24, 2.45) is 5.92 Å². The van der Waals surface area contributed by atoms with Crippen molar-refractivity contribution < 1.29 is 27.5 Å². The average molecular weight is 228 g/mol. The molecule has 6 heteroatoms. The van der Waals surface area contributed by atoms with Crippen LogP contribution in [0, 0.1) is 5.92 Å². The molecule has 15 heavy (non-hydrogen) atoms. The summed E-state index contributed by atoms with van der Waals surface area (Å²) in [5, 5.41) is 8.43. The molecule has 1 atom stereocenters. The van der Waals surface area contributed by atoms with E-state index in [1.54, 1.807) is 0 Å². The molecule has 0 aromatic rings. The molecule has 1 saturated carbocycles. The van der Waals surface area contributed by atoms with Crippen LogP contribution in [-0.4, -0.2) is 22.9 Å². The molecule has 2 nitrogen and oxygen atoms in total. The number of rotatable bonds is 2. The van der Waals surface area contributed by atoms with Gasteiger partial charge in [0.25, 0.3) is 0 Å². The number of hydrogen-bond acceptors (Lipinski definition) is 1. The fourth-order valence-electron chi connectivity index (χ4n) is 2.03. The monoisotopic (exact) mass is 228 g/mol. The van der Waals surface area contributed by atoms with E-state index >= 15 is 0 Å². The molecule has 88 valence electrons. The highest BCUT2D eigenvalue weighted by molar-refractivity contribution is 5.79. The van der Waals surface area contributed by atoms with E-state index in [4.69, 9.17) is 5.11 Å². The third-order valence-electron chi connectivity index (χ3n) is 2.89. The van der Waals surface area contributed by atoms with E-state index < -0.39 is 23.7 Å². The number of hydrogen-bond donors (Lipinski definition) is 1. The van der Waals surface area contributed by atoms with Crippen molar-refractivity contribution in [2.75, 3.05) is 0 Å². The predicted molar refractivity (Wildman–Crippen MR) is 44.1 cm³/mol. The Kier molecular flexibility index (Phi) is 3.25. The fraction of sp³-hybridized carbons (Fsp3) is 0.889. The molecule has 1 aliphatic carbocycles. The molecule has 0 radical (unpaired) electrons. The number of aliphatic carboxylic acids is 1. The molecule has 0 aliphatic heterocycles. The SMILES string of the molecule is O=C(O)C(F)(C1CCCCC1)C(F)(F)F. The first-order valence-corrected chi connectivity index (χ1v) is 4.79. The second-order valence-electron chi connectivity index (χ2n) is 3.85. The van der Waals surface area contributed by atoms with E-state index in [1.165, 1.54) is 0 Å². The molecule has 1 rings (SSSR count). The van der Waals surface area contributed by atoms with Crippen molar-refractivity contribution in [1.29, 1.82) is 0 Å². The van der Waals surface area contributed by atoms with Gasteiger partial charge in [0.2, 0.25) is 0 Å². The molecule has 0 bridgehead atoms. The van der Waals surface area contributed by atoms with E-state index in [0.29, 0.717) is 12.8 Å². The second-order valence-corrected chi connectivity index (χ2v) is 3.85. The zero-order valence-electron chi connectivity index (χ0n) is 7.98. The number of carboxylic acids is 1. The van der Waals surface area contributed by atoms with Crippen molar-refractivity contribution in [3.8, 4) is 0 Å². The van der Waals surface area contributed by atoms with Crippen LogP contribution in [-0.2, 0) is 4.79 Å². The zero-order chi connectivity index (χ0) is 11.7. The fourth-order valence-corrected chi connectivity index (χ4v) is 2.03. The lowest BCUT2D eigenvalue weighted by Gasteiger charge is -2.34. The lowest BCUT2D eigenvalue weighted by atomic mass is 9.77. The largest absolute Gasteiger partial charge is 0.479 e. The highest BCUT2D eigenvalue weighted by Gasteiger charge is 2.66. The van der Waals surface area contributed by atoms with E-state index in [-0.39, 0.29) is 12.8 Å². The lowest BCUT2D eigenvalue weighted by molar-refractivity contribution is -0.253. The summed E-state index contributed by atoms with van der Waals surface area (Å²) in [5.74, 6) is -3.86. The Morgan fingerprint density at radius 2 is 1.53 bits per heavy atom. The Bertz CT molecular complexity index is 245. The molecular formula is C9H12F4O2. The van der Waals surface area contributed by atoms with Gasteiger partial charge in [-0.05, 0) is 12.8 Å². The van der Waals surface area contributed by atoms with Crippen LogP contribution < -0.4 is 0 Å². The molecule has 1 unspecified atom stereocenters. The third-order valence-corrected chi connectivity index (χ3v) is 2.89. The molecule has 1 fully saturated rings. The minimum atomic E-state index is -5.33. The van der Waals surface area contributed by atoms with E-state index in [9.17, 15) is 22.4 Å². The van der Waals surface area contributed by atoms with E-state index in [0.717, 1.165) is 6.42 Å². The first-order valence-electron chi connectivity index (χ1n) is 4.79. The standard InChI is InChI=1S/C9H12F4O2/c10-8(7(14)15,9(11,12)13)6-4-2-1-3-5-6/h6H,1-5H2,(H,14,15). The molecule has 0 amide bonds. The van der Waals surface area contributed by atoms with Crippen LogP contribution in [0.2, 0.25) is 0 Å². The van der Waals surface area contributed by atoms with Gasteiger partial charge in [-0.3, -0.25) is 0 Å². The van der Waals surface area contributed by atoms with Crippen LogP contribution in [0.5, 0.6) is 0 Å². The van der Waals surface area contributed by atoms with Gasteiger partial charge in [-0.1, -0.05) is 19.3 Å². The van der Waals surface area contributed by atoms with Crippen molar-refractivity contribution >= 4 is 5.97 Å². The van der Waals surface area contributed by atoms with Gasteiger partial charge in [0, 0.05) is 5.92 Å². The van der Waals surface area contributed by atoms with Crippen molar-refractivity contribution in [1.82, 2.24) is 0 Å². The summed E-state index contributed by atoms with van der Waals surface area (Å²) in [6.45, 7) is 0. The quantitative estimate of drug-likeness (QED) is 0.738. The molecule has 0 spiro atoms.